The number of nitrogens with one attached hydrogen (secondary N) is 1. The van der Waals surface area contributed by atoms with Crippen LogP contribution in [0.25, 0.3) is 0 Å². The van der Waals surface area contributed by atoms with Gasteiger partial charge in [-0.1, -0.05) is 30.3 Å². The molecule has 2 atom stereocenters. The first-order valence-electron chi connectivity index (χ1n) is 10.2. The number of hydrogen-bond donors (Lipinski definition) is 2. The fraction of sp³-hybridized carbons (Fsp3) is 0.571. The smallest absolute Gasteiger partial charge is 0.228 e. The summed E-state index contributed by atoms with van der Waals surface area (Å²) in [5, 5.41) is 2.89. The summed E-state index contributed by atoms with van der Waals surface area (Å²) in [6.07, 6.45) is 3.46. The van der Waals surface area contributed by atoms with Crippen molar-refractivity contribution in [1.82, 2.24) is 15.1 Å². The molecule has 1 aromatic carbocycles. The third-order valence-electron chi connectivity index (χ3n) is 5.60. The number of piperidine rings is 1. The third kappa shape index (κ3) is 5.10. The van der Waals surface area contributed by atoms with E-state index in [1.165, 1.54) is 0 Å². The summed E-state index contributed by atoms with van der Waals surface area (Å²) in [4.78, 5) is 41.0. The number of nitrogens with zero attached hydrogens (tertiary/aromatic N) is 2. The largest absolute Gasteiger partial charge is 0.354 e. The van der Waals surface area contributed by atoms with Gasteiger partial charge in [-0.05, 0) is 24.8 Å². The zero-order valence-electron chi connectivity index (χ0n) is 16.3. The van der Waals surface area contributed by atoms with E-state index in [9.17, 15) is 14.4 Å². The van der Waals surface area contributed by atoms with Crippen molar-refractivity contribution >= 4 is 17.7 Å². The van der Waals surface area contributed by atoms with Crippen LogP contribution in [0.2, 0.25) is 0 Å². The van der Waals surface area contributed by atoms with Crippen molar-refractivity contribution in [3.8, 4) is 0 Å². The summed E-state index contributed by atoms with van der Waals surface area (Å²) in [5.74, 6) is -0.296. The van der Waals surface area contributed by atoms with E-state index in [0.29, 0.717) is 39.1 Å². The molecule has 0 radical (unpaired) electrons. The average molecular weight is 386 g/mol. The van der Waals surface area contributed by atoms with Crippen molar-refractivity contribution in [3.63, 3.8) is 0 Å². The Morgan fingerprint density at radius 2 is 1.96 bits per heavy atom. The Bertz CT molecular complexity index is 694. The Morgan fingerprint density at radius 1 is 1.18 bits per heavy atom. The predicted octanol–water partition coefficient (Wildman–Crippen LogP) is 0.881. The molecule has 152 valence electrons. The van der Waals surface area contributed by atoms with Crippen molar-refractivity contribution in [1.29, 1.82) is 0 Å². The summed E-state index contributed by atoms with van der Waals surface area (Å²) in [6.45, 7) is 2.48. The highest BCUT2D eigenvalue weighted by molar-refractivity contribution is 5.89. The van der Waals surface area contributed by atoms with Crippen LogP contribution in [0.15, 0.2) is 30.3 Å². The Balaban J connectivity index is 1.58. The van der Waals surface area contributed by atoms with E-state index >= 15 is 0 Å². The van der Waals surface area contributed by atoms with E-state index in [2.05, 4.69) is 5.32 Å². The molecule has 2 aliphatic rings. The maximum absolute atomic E-state index is 13.1. The van der Waals surface area contributed by atoms with Gasteiger partial charge in [-0.2, -0.15) is 0 Å². The molecule has 2 saturated heterocycles. The molecule has 0 bridgehead atoms. The molecule has 2 unspecified atom stereocenters. The Morgan fingerprint density at radius 3 is 2.71 bits per heavy atom. The molecule has 0 spiro atoms. The lowest BCUT2D eigenvalue weighted by Crippen LogP contribution is -2.51. The van der Waals surface area contributed by atoms with Gasteiger partial charge in [0.15, 0.2) is 0 Å². The molecule has 2 aliphatic heterocycles. The molecule has 0 aromatic heterocycles. The second kappa shape index (κ2) is 9.68. The highest BCUT2D eigenvalue weighted by Gasteiger charge is 2.38. The number of carbonyl (C=O) groups excluding carboxylic acids is 3. The van der Waals surface area contributed by atoms with Gasteiger partial charge >= 0.3 is 0 Å². The van der Waals surface area contributed by atoms with Gasteiger partial charge in [0, 0.05) is 51.6 Å². The number of benzene rings is 1. The number of hydrogen-bond acceptors (Lipinski definition) is 4. The molecular formula is C21H30N4O3. The van der Waals surface area contributed by atoms with Crippen molar-refractivity contribution < 1.29 is 14.4 Å². The van der Waals surface area contributed by atoms with Gasteiger partial charge in [0.1, 0.15) is 0 Å². The van der Waals surface area contributed by atoms with Gasteiger partial charge in [-0.25, -0.2) is 0 Å². The maximum Gasteiger partial charge on any atom is 0.228 e. The van der Waals surface area contributed by atoms with Crippen LogP contribution in [0.1, 0.15) is 37.7 Å². The fourth-order valence-corrected chi connectivity index (χ4v) is 4.08. The van der Waals surface area contributed by atoms with Crippen LogP contribution in [-0.2, 0) is 20.9 Å². The minimum absolute atomic E-state index is 0.00116. The Kier molecular flexibility index (Phi) is 7.03. The lowest BCUT2D eigenvalue weighted by atomic mass is 9.98. The van der Waals surface area contributed by atoms with Crippen LogP contribution in [0.4, 0.5) is 0 Å². The predicted molar refractivity (Wildman–Crippen MR) is 106 cm³/mol. The fourth-order valence-electron chi connectivity index (χ4n) is 4.08. The number of likely N-dealkylation sites (tertiary alicyclic amines) is 2. The van der Waals surface area contributed by atoms with Crippen LogP contribution < -0.4 is 11.1 Å². The average Bonchev–Trinajstić information content (AvgIpc) is 3.07. The monoisotopic (exact) mass is 386 g/mol. The van der Waals surface area contributed by atoms with E-state index in [1.54, 1.807) is 4.90 Å². The van der Waals surface area contributed by atoms with Gasteiger partial charge < -0.3 is 20.9 Å². The topological polar surface area (TPSA) is 95.7 Å². The highest BCUT2D eigenvalue weighted by atomic mass is 16.2. The van der Waals surface area contributed by atoms with E-state index in [-0.39, 0.29) is 36.1 Å². The number of amides is 3. The van der Waals surface area contributed by atoms with Crippen LogP contribution in [-0.4, -0.2) is 59.7 Å². The summed E-state index contributed by atoms with van der Waals surface area (Å²) in [5.41, 5.74) is 6.49. The Hall–Kier alpha value is -2.41. The number of carbonyl (C=O) groups is 3. The molecule has 0 aliphatic carbocycles. The van der Waals surface area contributed by atoms with Crippen molar-refractivity contribution in [2.45, 2.75) is 44.7 Å². The molecular weight excluding hydrogens is 356 g/mol. The van der Waals surface area contributed by atoms with E-state index in [1.807, 2.05) is 35.2 Å². The first-order chi connectivity index (χ1) is 13.6. The quantitative estimate of drug-likeness (QED) is 0.727. The van der Waals surface area contributed by atoms with Gasteiger partial charge in [0.2, 0.25) is 17.7 Å². The van der Waals surface area contributed by atoms with Gasteiger partial charge in [0.05, 0.1) is 5.92 Å². The zero-order chi connectivity index (χ0) is 19.9. The molecule has 1 aromatic rings. The summed E-state index contributed by atoms with van der Waals surface area (Å²) in [6, 6.07) is 9.84. The number of nitrogens with two attached hydrogens (primary N) is 1. The molecule has 28 heavy (non-hydrogen) atoms. The molecule has 3 N–H and O–H groups in total. The first kappa shape index (κ1) is 20.3. The normalized spacial score (nSPS) is 22.4. The summed E-state index contributed by atoms with van der Waals surface area (Å²) < 4.78 is 0. The first-order valence-corrected chi connectivity index (χ1v) is 10.2. The van der Waals surface area contributed by atoms with Gasteiger partial charge in [-0.15, -0.1) is 0 Å². The van der Waals surface area contributed by atoms with Crippen LogP contribution in [0, 0.1) is 5.92 Å². The van der Waals surface area contributed by atoms with E-state index < -0.39 is 0 Å². The van der Waals surface area contributed by atoms with E-state index in [4.69, 9.17) is 5.73 Å². The Labute approximate surface area is 166 Å². The molecule has 7 nitrogen and oxygen atoms in total. The molecule has 3 rings (SSSR count). The summed E-state index contributed by atoms with van der Waals surface area (Å²) >= 11 is 0. The van der Waals surface area contributed by atoms with Crippen LogP contribution >= 0.6 is 0 Å². The SMILES string of the molecule is NCCC(=O)NCC1CCCCN1C(=O)C1CC(=O)N(Cc2ccccc2)C1. The lowest BCUT2D eigenvalue weighted by molar-refractivity contribution is -0.139. The maximum atomic E-state index is 13.1. The minimum Gasteiger partial charge on any atom is -0.354 e. The molecule has 2 fully saturated rings. The second-order valence-corrected chi connectivity index (χ2v) is 7.68. The third-order valence-corrected chi connectivity index (χ3v) is 5.60. The van der Waals surface area contributed by atoms with Crippen LogP contribution in [0.5, 0.6) is 0 Å². The van der Waals surface area contributed by atoms with Crippen molar-refractivity contribution in [3.05, 3.63) is 35.9 Å². The van der Waals surface area contributed by atoms with Crippen molar-refractivity contribution in [2.24, 2.45) is 11.7 Å². The lowest BCUT2D eigenvalue weighted by Gasteiger charge is -2.37. The van der Waals surface area contributed by atoms with E-state index in [0.717, 1.165) is 24.8 Å². The molecule has 2 heterocycles. The minimum atomic E-state index is -0.295. The molecule has 7 heteroatoms. The standard InChI is InChI=1S/C21H30N4O3/c22-10-9-19(26)23-13-18-8-4-5-11-25(18)21(28)17-12-20(27)24(15-17)14-16-6-2-1-3-7-16/h1-3,6-7,17-18H,4-5,8-15,22H2,(H,23,26). The van der Waals surface area contributed by atoms with Crippen molar-refractivity contribution in [2.75, 3.05) is 26.2 Å². The van der Waals surface area contributed by atoms with Gasteiger partial charge in [0.25, 0.3) is 0 Å². The van der Waals surface area contributed by atoms with Crippen LogP contribution in [0.3, 0.4) is 0 Å². The molecule has 3 amide bonds. The zero-order valence-corrected chi connectivity index (χ0v) is 16.3. The number of rotatable bonds is 7. The highest BCUT2D eigenvalue weighted by Crippen LogP contribution is 2.26. The summed E-state index contributed by atoms with van der Waals surface area (Å²) in [7, 11) is 0. The molecule has 0 saturated carbocycles. The van der Waals surface area contributed by atoms with Gasteiger partial charge in [-0.3, -0.25) is 14.4 Å². The second-order valence-electron chi connectivity index (χ2n) is 7.68.